The minimum absolute atomic E-state index is 0.0813. The maximum atomic E-state index is 12.9. The van der Waals surface area contributed by atoms with Crippen LogP contribution in [-0.4, -0.2) is 26.1 Å². The Balaban J connectivity index is 1.47. The summed E-state index contributed by atoms with van der Waals surface area (Å²) in [4.78, 5) is 12.7. The van der Waals surface area contributed by atoms with Crippen LogP contribution in [0.15, 0.2) is 21.5 Å². The lowest BCUT2D eigenvalue weighted by atomic mass is 9.83. The Bertz CT molecular complexity index is 1100. The van der Waals surface area contributed by atoms with Crippen LogP contribution >= 0.6 is 0 Å². The van der Waals surface area contributed by atoms with Crippen molar-refractivity contribution in [2.24, 2.45) is 9.50 Å². The molecular weight excluding hydrogens is 366 g/mol. The van der Waals surface area contributed by atoms with Gasteiger partial charge in [0.05, 0.1) is 12.7 Å². The number of hydrogen-bond donors (Lipinski definition) is 2. The number of carbonyl (C=O) groups excluding carboxylic acids is 1. The maximum absolute atomic E-state index is 12.9. The molecule has 2 heterocycles. The first kappa shape index (κ1) is 16.8. The van der Waals surface area contributed by atoms with Crippen LogP contribution in [0, 0.1) is 0 Å². The van der Waals surface area contributed by atoms with Gasteiger partial charge in [-0.25, -0.2) is 18.8 Å². The summed E-state index contributed by atoms with van der Waals surface area (Å²) in [5.41, 5.74) is 5.79. The van der Waals surface area contributed by atoms with E-state index in [9.17, 15) is 9.00 Å². The van der Waals surface area contributed by atoms with E-state index in [0.717, 1.165) is 37.8 Å². The predicted molar refractivity (Wildman–Crippen MR) is 100 cm³/mol. The lowest BCUT2D eigenvalue weighted by Crippen LogP contribution is -2.21. The molecule has 2 aromatic rings. The molecule has 0 radical (unpaired) electrons. The summed E-state index contributed by atoms with van der Waals surface area (Å²) in [5.74, 6) is 0.330. The molecule has 0 spiro atoms. The number of nitrogens with two attached hydrogens (primary N) is 1. The number of urea groups is 1. The third-order valence-electron chi connectivity index (χ3n) is 5.51. The van der Waals surface area contributed by atoms with Crippen LogP contribution in [0.3, 0.4) is 0 Å². The molecule has 2 aliphatic carbocycles. The van der Waals surface area contributed by atoms with Crippen LogP contribution in [0.25, 0.3) is 0 Å². The van der Waals surface area contributed by atoms with Crippen LogP contribution in [0.2, 0.25) is 0 Å². The fourth-order valence-electron chi connectivity index (χ4n) is 4.17. The number of ether oxygens (including phenoxy) is 1. The van der Waals surface area contributed by atoms with E-state index < -0.39 is 15.9 Å². The molecule has 9 heteroatoms. The fraction of sp³-hybridized carbons (Fsp3) is 0.444. The molecular formula is C18H21N5O3S. The summed E-state index contributed by atoms with van der Waals surface area (Å²) < 4.78 is 23.9. The van der Waals surface area contributed by atoms with E-state index >= 15 is 0 Å². The van der Waals surface area contributed by atoms with Gasteiger partial charge in [0.15, 0.2) is 9.92 Å². The van der Waals surface area contributed by atoms with Crippen molar-refractivity contribution in [2.75, 3.05) is 5.32 Å². The number of fused-ring (bicyclic) bond motifs is 3. The molecule has 5 rings (SSSR count). The Labute approximate surface area is 157 Å². The molecule has 2 atom stereocenters. The van der Waals surface area contributed by atoms with Gasteiger partial charge in [0.1, 0.15) is 11.0 Å². The molecule has 8 nitrogen and oxygen atoms in total. The van der Waals surface area contributed by atoms with Crippen molar-refractivity contribution < 1.29 is 13.7 Å². The minimum Gasteiger partial charge on any atom is -0.472 e. The number of nitrogens with one attached hydrogen (secondary N) is 1. The van der Waals surface area contributed by atoms with Gasteiger partial charge in [-0.05, 0) is 61.3 Å². The molecule has 27 heavy (non-hydrogen) atoms. The zero-order chi connectivity index (χ0) is 18.8. The van der Waals surface area contributed by atoms with Crippen molar-refractivity contribution in [1.29, 1.82) is 0 Å². The van der Waals surface area contributed by atoms with Gasteiger partial charge in [-0.1, -0.05) is 6.07 Å². The highest BCUT2D eigenvalue weighted by atomic mass is 32.2. The SMILES string of the molecule is C[C@H]1Cn2ncc(S(N)(=O)=NC(=O)Nc3c4c(cc5c3CC5)CCC4)c2O1. The topological polar surface area (TPSA) is 112 Å². The highest BCUT2D eigenvalue weighted by Gasteiger charge is 2.30. The Morgan fingerprint density at radius 1 is 1.33 bits per heavy atom. The third kappa shape index (κ3) is 2.64. The third-order valence-corrected chi connectivity index (χ3v) is 6.86. The lowest BCUT2D eigenvalue weighted by Gasteiger charge is -2.25. The molecule has 2 amide bonds. The van der Waals surface area contributed by atoms with Crippen molar-refractivity contribution in [3.63, 3.8) is 0 Å². The van der Waals surface area contributed by atoms with Crippen LogP contribution in [0.1, 0.15) is 35.6 Å². The first-order valence-corrected chi connectivity index (χ1v) is 10.7. The van der Waals surface area contributed by atoms with E-state index in [1.807, 2.05) is 6.92 Å². The number of benzene rings is 1. The van der Waals surface area contributed by atoms with Crippen molar-refractivity contribution >= 4 is 21.6 Å². The molecule has 1 unspecified atom stereocenters. The van der Waals surface area contributed by atoms with Crippen LogP contribution in [0.4, 0.5) is 10.5 Å². The molecule has 1 aliphatic heterocycles. The second-order valence-corrected chi connectivity index (χ2v) is 9.15. The summed E-state index contributed by atoms with van der Waals surface area (Å²) >= 11 is 0. The van der Waals surface area contributed by atoms with Gasteiger partial charge in [-0.15, -0.1) is 4.36 Å². The van der Waals surface area contributed by atoms with Crippen LogP contribution in [0.5, 0.6) is 5.88 Å². The van der Waals surface area contributed by atoms with Gasteiger partial charge in [-0.2, -0.15) is 5.10 Å². The van der Waals surface area contributed by atoms with Crippen molar-refractivity contribution in [1.82, 2.24) is 9.78 Å². The molecule has 0 fully saturated rings. The highest BCUT2D eigenvalue weighted by molar-refractivity contribution is 7.91. The van der Waals surface area contributed by atoms with E-state index in [4.69, 9.17) is 9.88 Å². The molecule has 3 N–H and O–H groups in total. The van der Waals surface area contributed by atoms with E-state index in [1.54, 1.807) is 4.68 Å². The van der Waals surface area contributed by atoms with Gasteiger partial charge in [0, 0.05) is 5.69 Å². The highest BCUT2D eigenvalue weighted by Crippen LogP contribution is 2.39. The zero-order valence-electron chi connectivity index (χ0n) is 15.0. The number of amides is 2. The summed E-state index contributed by atoms with van der Waals surface area (Å²) in [6.45, 7) is 2.44. The largest absolute Gasteiger partial charge is 0.472 e. The molecule has 0 saturated heterocycles. The number of aromatic nitrogens is 2. The fourth-order valence-corrected chi connectivity index (χ4v) is 5.17. The monoisotopic (exact) mass is 387 g/mol. The average molecular weight is 387 g/mol. The van der Waals surface area contributed by atoms with Crippen molar-refractivity contribution in [2.45, 2.75) is 56.6 Å². The standard InChI is InChI=1S/C18H21N5O3S/c1-10-9-23-17(26-10)15(8-20-23)27(19,25)22-18(24)21-16-13-4-2-3-11(13)7-12-5-6-14(12)16/h7-8,10H,2-6,9H2,1H3,(H3,19,21,22,24,25)/t10-,27?/m0/s1. The molecule has 0 bridgehead atoms. The maximum Gasteiger partial charge on any atom is 0.354 e. The van der Waals surface area contributed by atoms with E-state index in [2.05, 4.69) is 20.8 Å². The predicted octanol–water partition coefficient (Wildman–Crippen LogP) is 2.18. The Hall–Kier alpha value is -2.39. The lowest BCUT2D eigenvalue weighted by molar-refractivity contribution is 0.248. The first-order valence-electron chi connectivity index (χ1n) is 9.17. The summed E-state index contributed by atoms with van der Waals surface area (Å²) in [5, 5.41) is 12.9. The molecule has 142 valence electrons. The smallest absolute Gasteiger partial charge is 0.354 e. The molecule has 0 saturated carbocycles. The quantitative estimate of drug-likeness (QED) is 0.822. The van der Waals surface area contributed by atoms with Gasteiger partial charge < -0.3 is 10.1 Å². The number of aryl methyl sites for hydroxylation is 2. The summed E-state index contributed by atoms with van der Waals surface area (Å²) in [6.07, 6.45) is 6.33. The number of rotatable bonds is 2. The summed E-state index contributed by atoms with van der Waals surface area (Å²) in [7, 11) is -3.45. The van der Waals surface area contributed by atoms with Gasteiger partial charge in [0.25, 0.3) is 0 Å². The van der Waals surface area contributed by atoms with E-state index in [1.165, 1.54) is 28.5 Å². The Kier molecular flexibility index (Phi) is 3.60. The Morgan fingerprint density at radius 2 is 2.11 bits per heavy atom. The van der Waals surface area contributed by atoms with Gasteiger partial charge in [-0.3, -0.25) is 0 Å². The minimum atomic E-state index is -3.45. The first-order chi connectivity index (χ1) is 12.9. The normalized spacial score (nSPS) is 21.3. The summed E-state index contributed by atoms with van der Waals surface area (Å²) in [6, 6.07) is 1.57. The number of carbonyl (C=O) groups is 1. The van der Waals surface area contributed by atoms with E-state index in [-0.39, 0.29) is 11.0 Å². The Morgan fingerprint density at radius 3 is 2.89 bits per heavy atom. The van der Waals surface area contributed by atoms with Crippen molar-refractivity contribution in [3.05, 3.63) is 34.5 Å². The van der Waals surface area contributed by atoms with Gasteiger partial charge >= 0.3 is 6.03 Å². The van der Waals surface area contributed by atoms with Crippen LogP contribution < -0.4 is 15.2 Å². The number of anilines is 1. The van der Waals surface area contributed by atoms with Crippen LogP contribution in [-0.2, 0) is 42.1 Å². The van der Waals surface area contributed by atoms with Gasteiger partial charge in [0.2, 0.25) is 5.88 Å². The van der Waals surface area contributed by atoms with E-state index in [0.29, 0.717) is 12.4 Å². The molecule has 1 aromatic heterocycles. The number of nitrogens with zero attached hydrogens (tertiary/aromatic N) is 3. The number of hydrogen-bond acceptors (Lipinski definition) is 4. The van der Waals surface area contributed by atoms with Crippen molar-refractivity contribution in [3.8, 4) is 5.88 Å². The second-order valence-electron chi connectivity index (χ2n) is 7.40. The second kappa shape index (κ2) is 5.80. The molecule has 1 aromatic carbocycles. The molecule has 3 aliphatic rings. The zero-order valence-corrected chi connectivity index (χ0v) is 15.8. The average Bonchev–Trinajstić information content (AvgIpc) is 3.24.